The quantitative estimate of drug-likeness (QED) is 0.0896. The Morgan fingerprint density at radius 3 is 1.62 bits per heavy atom. The molecule has 6 unspecified atom stereocenters. The molecule has 0 spiro atoms. The van der Waals surface area contributed by atoms with Gasteiger partial charge in [-0.25, -0.2) is 4.39 Å². The monoisotopic (exact) mass is 591 g/mol. The second kappa shape index (κ2) is 15.7. The first-order chi connectivity index (χ1) is 19.1. The van der Waals surface area contributed by atoms with Crippen molar-refractivity contribution in [1.82, 2.24) is 0 Å². The second-order valence-corrected chi connectivity index (χ2v) is 10.0. The zero-order chi connectivity index (χ0) is 29.6. The third-order valence-electron chi connectivity index (χ3n) is 7.17. The second-order valence-electron chi connectivity index (χ2n) is 10.0. The SMILES string of the molecule is NCCCCCO[C@@H]1OC(CF)[C@@H](O[C@@H]2OC(CO)[C@H](O[C@H]3OC(CO)[C@H](O)[C@H](O)C3O)C(O)[C@@H]2O)C(O)[C@@H]1O. The molecule has 16 nitrogen and oxygen atoms in total. The highest BCUT2D eigenvalue weighted by molar-refractivity contribution is 4.96. The normalized spacial score (nSPS) is 46.4. The van der Waals surface area contributed by atoms with Crippen LogP contribution in [-0.2, 0) is 28.4 Å². The van der Waals surface area contributed by atoms with Crippen LogP contribution >= 0.6 is 0 Å². The summed E-state index contributed by atoms with van der Waals surface area (Å²) in [6.45, 7) is -2.09. The van der Waals surface area contributed by atoms with Crippen LogP contribution in [-0.4, -0.2) is 171 Å². The van der Waals surface area contributed by atoms with E-state index in [4.69, 9.17) is 34.2 Å². The Balaban J connectivity index is 1.64. The first kappa shape index (κ1) is 33.8. The number of hydrogen-bond acceptors (Lipinski definition) is 16. The Kier molecular flexibility index (Phi) is 13.2. The predicted molar refractivity (Wildman–Crippen MR) is 127 cm³/mol. The molecule has 0 aliphatic carbocycles. The van der Waals surface area contributed by atoms with Gasteiger partial charge in [-0.1, -0.05) is 0 Å². The van der Waals surface area contributed by atoms with Gasteiger partial charge in [0.15, 0.2) is 18.9 Å². The molecule has 3 heterocycles. The number of halogens is 1. The van der Waals surface area contributed by atoms with Crippen molar-refractivity contribution < 1.29 is 78.8 Å². The Morgan fingerprint density at radius 1 is 0.575 bits per heavy atom. The molecule has 15 atom stereocenters. The molecule has 0 aromatic rings. The van der Waals surface area contributed by atoms with Crippen molar-refractivity contribution in [3.63, 3.8) is 0 Å². The van der Waals surface area contributed by atoms with E-state index in [9.17, 15) is 50.3 Å². The van der Waals surface area contributed by atoms with Gasteiger partial charge < -0.3 is 80.1 Å². The van der Waals surface area contributed by atoms with Gasteiger partial charge in [-0.3, -0.25) is 0 Å². The lowest BCUT2D eigenvalue weighted by molar-refractivity contribution is -0.378. The molecule has 3 fully saturated rings. The van der Waals surface area contributed by atoms with Crippen molar-refractivity contribution in [2.75, 3.05) is 33.0 Å². The molecule has 0 aromatic heterocycles. The molecule has 17 heteroatoms. The van der Waals surface area contributed by atoms with E-state index in [1.165, 1.54) is 0 Å². The fraction of sp³-hybridized carbons (Fsp3) is 1.00. The summed E-state index contributed by atoms with van der Waals surface area (Å²) >= 11 is 0. The molecule has 0 amide bonds. The van der Waals surface area contributed by atoms with E-state index in [0.717, 1.165) is 12.8 Å². The maximum Gasteiger partial charge on any atom is 0.187 e. The average Bonchev–Trinajstić information content (AvgIpc) is 2.95. The highest BCUT2D eigenvalue weighted by Gasteiger charge is 2.53. The molecule has 236 valence electrons. The van der Waals surface area contributed by atoms with Crippen LogP contribution in [0.5, 0.6) is 0 Å². The van der Waals surface area contributed by atoms with E-state index >= 15 is 0 Å². The number of rotatable bonds is 13. The van der Waals surface area contributed by atoms with Crippen LogP contribution in [0.15, 0.2) is 0 Å². The minimum absolute atomic E-state index is 0.156. The van der Waals surface area contributed by atoms with E-state index in [2.05, 4.69) is 0 Å². The first-order valence-electron chi connectivity index (χ1n) is 13.2. The summed E-state index contributed by atoms with van der Waals surface area (Å²) in [7, 11) is 0. The van der Waals surface area contributed by atoms with Gasteiger partial charge in [0.2, 0.25) is 0 Å². The minimum Gasteiger partial charge on any atom is -0.394 e. The summed E-state index contributed by atoms with van der Waals surface area (Å²) in [4.78, 5) is 0. The fourth-order valence-electron chi connectivity index (χ4n) is 4.78. The van der Waals surface area contributed by atoms with E-state index < -0.39 is 112 Å². The predicted octanol–water partition coefficient (Wildman–Crippen LogP) is -5.44. The van der Waals surface area contributed by atoms with Crippen LogP contribution in [0, 0.1) is 0 Å². The number of aliphatic hydroxyl groups excluding tert-OH is 9. The van der Waals surface area contributed by atoms with Gasteiger partial charge >= 0.3 is 0 Å². The zero-order valence-electron chi connectivity index (χ0n) is 21.7. The van der Waals surface area contributed by atoms with Gasteiger partial charge in [-0.05, 0) is 25.8 Å². The highest BCUT2D eigenvalue weighted by Crippen LogP contribution is 2.32. The summed E-state index contributed by atoms with van der Waals surface area (Å²) in [5.74, 6) is 0. The number of nitrogens with two attached hydrogens (primary N) is 1. The van der Waals surface area contributed by atoms with Crippen LogP contribution in [0.1, 0.15) is 19.3 Å². The van der Waals surface area contributed by atoms with Crippen LogP contribution < -0.4 is 5.73 Å². The summed E-state index contributed by atoms with van der Waals surface area (Å²) < 4.78 is 46.5. The van der Waals surface area contributed by atoms with Gasteiger partial charge in [0.05, 0.1) is 13.2 Å². The standard InChI is InChI=1S/C23H42FNO15/c24-6-9-19(14(30)17(33)21(36-9)35-5-3-1-2-4-25)39-23-18(34)15(31)20(11(8-27)38-23)40-22-16(32)13(29)12(28)10(7-26)37-22/h9-23,26-34H,1-8,25H2/t9?,10?,11?,12-,13-,14?,15?,16?,17-,18-,19+,20-,21+,22+,23-/m0/s1. The van der Waals surface area contributed by atoms with Crippen LogP contribution in [0.2, 0.25) is 0 Å². The van der Waals surface area contributed by atoms with Gasteiger partial charge in [0, 0.05) is 6.61 Å². The topological polar surface area (TPSA) is 263 Å². The molecule has 11 N–H and O–H groups in total. The Morgan fingerprint density at radius 2 is 1.07 bits per heavy atom. The molecular formula is C23H42FNO15. The summed E-state index contributed by atoms with van der Waals surface area (Å²) in [5, 5.41) is 91.9. The molecule has 0 saturated carbocycles. The van der Waals surface area contributed by atoms with Crippen molar-refractivity contribution in [2.45, 2.75) is 111 Å². The number of hydrogen-bond donors (Lipinski definition) is 10. The minimum atomic E-state index is -1.93. The van der Waals surface area contributed by atoms with Crippen molar-refractivity contribution in [1.29, 1.82) is 0 Å². The molecule has 40 heavy (non-hydrogen) atoms. The van der Waals surface area contributed by atoms with Crippen molar-refractivity contribution in [3.8, 4) is 0 Å². The highest BCUT2D eigenvalue weighted by atomic mass is 19.1. The summed E-state index contributed by atoms with van der Waals surface area (Å²) in [5.41, 5.74) is 5.43. The molecule has 3 aliphatic heterocycles. The van der Waals surface area contributed by atoms with Gasteiger partial charge in [-0.15, -0.1) is 0 Å². The lowest BCUT2D eigenvalue weighted by Gasteiger charge is -2.48. The number of ether oxygens (including phenoxy) is 6. The van der Waals surface area contributed by atoms with E-state index in [-0.39, 0.29) is 6.61 Å². The molecule has 3 rings (SSSR count). The van der Waals surface area contributed by atoms with Crippen molar-refractivity contribution in [2.24, 2.45) is 5.73 Å². The van der Waals surface area contributed by atoms with Crippen molar-refractivity contribution >= 4 is 0 Å². The number of alkyl halides is 1. The van der Waals surface area contributed by atoms with Gasteiger partial charge in [-0.2, -0.15) is 0 Å². The third kappa shape index (κ3) is 7.62. The number of aliphatic hydroxyl groups is 9. The van der Waals surface area contributed by atoms with Crippen LogP contribution in [0.4, 0.5) is 4.39 Å². The molecule has 0 aromatic carbocycles. The van der Waals surface area contributed by atoms with E-state index in [0.29, 0.717) is 13.0 Å². The summed E-state index contributed by atoms with van der Waals surface area (Å²) in [6, 6.07) is 0. The summed E-state index contributed by atoms with van der Waals surface area (Å²) in [6.07, 6.45) is -22.7. The van der Waals surface area contributed by atoms with Gasteiger partial charge in [0.1, 0.15) is 79.9 Å². The van der Waals surface area contributed by atoms with Crippen LogP contribution in [0.25, 0.3) is 0 Å². The fourth-order valence-corrected chi connectivity index (χ4v) is 4.78. The third-order valence-corrected chi connectivity index (χ3v) is 7.17. The van der Waals surface area contributed by atoms with E-state index in [1.807, 2.05) is 0 Å². The van der Waals surface area contributed by atoms with Crippen molar-refractivity contribution in [3.05, 3.63) is 0 Å². The Hall–Kier alpha value is -0.710. The molecular weight excluding hydrogens is 549 g/mol. The number of unbranched alkanes of at least 4 members (excludes halogenated alkanes) is 2. The maximum absolute atomic E-state index is 13.9. The lowest BCUT2D eigenvalue weighted by atomic mass is 9.96. The maximum atomic E-state index is 13.9. The lowest BCUT2D eigenvalue weighted by Crippen LogP contribution is -2.66. The van der Waals surface area contributed by atoms with Gasteiger partial charge in [0.25, 0.3) is 0 Å². The Bertz CT molecular complexity index is 738. The molecule has 0 bridgehead atoms. The first-order valence-corrected chi connectivity index (χ1v) is 13.2. The average molecular weight is 592 g/mol. The molecule has 3 saturated heterocycles. The Labute approximate surface area is 229 Å². The largest absolute Gasteiger partial charge is 0.394 e. The van der Waals surface area contributed by atoms with E-state index in [1.54, 1.807) is 0 Å². The molecule has 3 aliphatic rings. The molecule has 0 radical (unpaired) electrons. The zero-order valence-corrected chi connectivity index (χ0v) is 21.7. The smallest absolute Gasteiger partial charge is 0.187 e. The van der Waals surface area contributed by atoms with Crippen LogP contribution in [0.3, 0.4) is 0 Å².